The van der Waals surface area contributed by atoms with Crippen molar-refractivity contribution in [2.24, 2.45) is 0 Å². The number of nitrogens with zero attached hydrogens (tertiary/aromatic N) is 2. The van der Waals surface area contributed by atoms with Crippen molar-refractivity contribution in [3.63, 3.8) is 0 Å². The lowest BCUT2D eigenvalue weighted by Crippen LogP contribution is -2.08. The van der Waals surface area contributed by atoms with Crippen LogP contribution in [0.2, 0.25) is 0 Å². The molecule has 5 heteroatoms. The summed E-state index contributed by atoms with van der Waals surface area (Å²) in [6.07, 6.45) is 1.89. The number of halogens is 1. The third-order valence-electron chi connectivity index (χ3n) is 2.77. The molecule has 3 nitrogen and oxygen atoms in total. The number of benzene rings is 1. The molecule has 1 aromatic carbocycles. The molecule has 2 rings (SSSR count). The molecule has 0 aliphatic rings. The quantitative estimate of drug-likeness (QED) is 0.937. The predicted octanol–water partition coefficient (Wildman–Crippen LogP) is 3.34. The average Bonchev–Trinajstić information content (AvgIpc) is 2.66. The Kier molecular flexibility index (Phi) is 4.24. The van der Waals surface area contributed by atoms with Crippen LogP contribution in [-0.2, 0) is 12.8 Å². The standard InChI is InChI=1S/C13H16BrN3S/c1-17(2)10-6-3-9(4-7-10)5-8-11-12(14)18-13(15)16-11/h3-4,6-7H,5,8H2,1-2H3,(H2,15,16). The highest BCUT2D eigenvalue weighted by Gasteiger charge is 2.07. The Morgan fingerprint density at radius 3 is 2.39 bits per heavy atom. The minimum atomic E-state index is 0.625. The highest BCUT2D eigenvalue weighted by molar-refractivity contribution is 9.11. The van der Waals surface area contributed by atoms with E-state index in [-0.39, 0.29) is 0 Å². The lowest BCUT2D eigenvalue weighted by molar-refractivity contribution is 0.922. The molecule has 0 unspecified atom stereocenters. The molecular formula is C13H16BrN3S. The molecule has 96 valence electrons. The summed E-state index contributed by atoms with van der Waals surface area (Å²) >= 11 is 4.98. The fourth-order valence-corrected chi connectivity index (χ4v) is 3.12. The zero-order chi connectivity index (χ0) is 13.1. The molecule has 1 aromatic heterocycles. The van der Waals surface area contributed by atoms with E-state index in [1.807, 2.05) is 14.1 Å². The number of thiazole rings is 1. The third-order valence-corrected chi connectivity index (χ3v) is 4.43. The van der Waals surface area contributed by atoms with Crippen LogP contribution in [0.4, 0.5) is 10.8 Å². The molecule has 0 fully saturated rings. The van der Waals surface area contributed by atoms with E-state index in [4.69, 9.17) is 5.73 Å². The van der Waals surface area contributed by atoms with Crippen LogP contribution in [0.1, 0.15) is 11.3 Å². The van der Waals surface area contributed by atoms with Gasteiger partial charge in [0.25, 0.3) is 0 Å². The van der Waals surface area contributed by atoms with E-state index >= 15 is 0 Å². The van der Waals surface area contributed by atoms with Gasteiger partial charge in [-0.3, -0.25) is 0 Å². The largest absolute Gasteiger partial charge is 0.378 e. The van der Waals surface area contributed by atoms with E-state index in [9.17, 15) is 0 Å². The molecular weight excluding hydrogens is 310 g/mol. The number of aryl methyl sites for hydroxylation is 2. The summed E-state index contributed by atoms with van der Waals surface area (Å²) in [6, 6.07) is 8.61. The zero-order valence-corrected chi connectivity index (χ0v) is 12.9. The van der Waals surface area contributed by atoms with Gasteiger partial charge in [-0.25, -0.2) is 4.98 Å². The van der Waals surface area contributed by atoms with Crippen molar-refractivity contribution < 1.29 is 0 Å². The van der Waals surface area contributed by atoms with Crippen molar-refractivity contribution in [1.29, 1.82) is 0 Å². The first-order chi connectivity index (χ1) is 8.56. The Morgan fingerprint density at radius 1 is 1.22 bits per heavy atom. The number of hydrogen-bond donors (Lipinski definition) is 1. The summed E-state index contributed by atoms with van der Waals surface area (Å²) in [5, 5.41) is 0.625. The maximum absolute atomic E-state index is 5.67. The van der Waals surface area contributed by atoms with Crippen LogP contribution in [0.25, 0.3) is 0 Å². The molecule has 0 atom stereocenters. The van der Waals surface area contributed by atoms with Gasteiger partial charge in [0.2, 0.25) is 0 Å². The van der Waals surface area contributed by atoms with Gasteiger partial charge in [-0.05, 0) is 46.5 Å². The fraction of sp³-hybridized carbons (Fsp3) is 0.308. The summed E-state index contributed by atoms with van der Waals surface area (Å²) in [7, 11) is 4.09. The molecule has 1 heterocycles. The predicted molar refractivity (Wildman–Crippen MR) is 82.4 cm³/mol. The zero-order valence-electron chi connectivity index (χ0n) is 10.5. The summed E-state index contributed by atoms with van der Waals surface area (Å²) in [6.45, 7) is 0. The Balaban J connectivity index is 2.00. The van der Waals surface area contributed by atoms with Gasteiger partial charge in [0.05, 0.1) is 9.48 Å². The minimum Gasteiger partial charge on any atom is -0.378 e. The Labute approximate surface area is 120 Å². The first-order valence-corrected chi connectivity index (χ1v) is 7.34. The van der Waals surface area contributed by atoms with E-state index in [2.05, 4.69) is 50.1 Å². The highest BCUT2D eigenvalue weighted by atomic mass is 79.9. The summed E-state index contributed by atoms with van der Waals surface area (Å²) < 4.78 is 1.05. The number of anilines is 2. The smallest absolute Gasteiger partial charge is 0.181 e. The molecule has 18 heavy (non-hydrogen) atoms. The highest BCUT2D eigenvalue weighted by Crippen LogP contribution is 2.27. The van der Waals surface area contributed by atoms with Crippen LogP contribution >= 0.6 is 27.3 Å². The topological polar surface area (TPSA) is 42.2 Å². The van der Waals surface area contributed by atoms with Crippen molar-refractivity contribution in [3.05, 3.63) is 39.3 Å². The second-order valence-electron chi connectivity index (χ2n) is 4.33. The van der Waals surface area contributed by atoms with Gasteiger partial charge in [-0.2, -0.15) is 0 Å². The van der Waals surface area contributed by atoms with Gasteiger partial charge in [0.1, 0.15) is 0 Å². The van der Waals surface area contributed by atoms with Crippen LogP contribution in [0, 0.1) is 0 Å². The van der Waals surface area contributed by atoms with Gasteiger partial charge in [-0.1, -0.05) is 23.5 Å². The molecule has 2 N–H and O–H groups in total. The van der Waals surface area contributed by atoms with Crippen LogP contribution in [-0.4, -0.2) is 19.1 Å². The van der Waals surface area contributed by atoms with E-state index < -0.39 is 0 Å². The molecule has 0 bridgehead atoms. The summed E-state index contributed by atoms with van der Waals surface area (Å²) in [5.74, 6) is 0. The Hall–Kier alpha value is -1.07. The lowest BCUT2D eigenvalue weighted by Gasteiger charge is -2.12. The van der Waals surface area contributed by atoms with E-state index in [0.717, 1.165) is 22.3 Å². The fourth-order valence-electron chi connectivity index (χ4n) is 1.73. The summed E-state index contributed by atoms with van der Waals surface area (Å²) in [4.78, 5) is 6.41. The average molecular weight is 326 g/mol. The number of rotatable bonds is 4. The molecule has 0 spiro atoms. The van der Waals surface area contributed by atoms with Gasteiger partial charge in [0, 0.05) is 19.8 Å². The van der Waals surface area contributed by atoms with Crippen LogP contribution in [0.3, 0.4) is 0 Å². The van der Waals surface area contributed by atoms with Crippen molar-refractivity contribution >= 4 is 38.1 Å². The first kappa shape index (κ1) is 13.4. The number of nitrogen functional groups attached to an aromatic ring is 1. The number of nitrogens with two attached hydrogens (primary N) is 1. The molecule has 0 radical (unpaired) electrons. The normalized spacial score (nSPS) is 10.6. The SMILES string of the molecule is CN(C)c1ccc(CCc2nc(N)sc2Br)cc1. The molecule has 0 saturated heterocycles. The minimum absolute atomic E-state index is 0.625. The molecule has 0 aliphatic heterocycles. The number of hydrogen-bond acceptors (Lipinski definition) is 4. The lowest BCUT2D eigenvalue weighted by atomic mass is 10.1. The molecule has 2 aromatic rings. The van der Waals surface area contributed by atoms with Crippen LogP contribution in [0.15, 0.2) is 28.1 Å². The van der Waals surface area contributed by atoms with Crippen molar-refractivity contribution in [3.8, 4) is 0 Å². The van der Waals surface area contributed by atoms with Crippen molar-refractivity contribution in [1.82, 2.24) is 4.98 Å². The molecule has 0 saturated carbocycles. The second kappa shape index (κ2) is 5.71. The Bertz CT molecular complexity index is 520. The van der Waals surface area contributed by atoms with E-state index in [1.54, 1.807) is 0 Å². The second-order valence-corrected chi connectivity index (χ2v) is 6.68. The maximum atomic E-state index is 5.67. The monoisotopic (exact) mass is 325 g/mol. The van der Waals surface area contributed by atoms with Gasteiger partial charge in [-0.15, -0.1) is 0 Å². The van der Waals surface area contributed by atoms with Crippen LogP contribution < -0.4 is 10.6 Å². The summed E-state index contributed by atoms with van der Waals surface area (Å²) in [5.41, 5.74) is 9.26. The maximum Gasteiger partial charge on any atom is 0.181 e. The van der Waals surface area contributed by atoms with Crippen molar-refractivity contribution in [2.75, 3.05) is 24.7 Å². The van der Waals surface area contributed by atoms with Crippen molar-refractivity contribution in [2.45, 2.75) is 12.8 Å². The Morgan fingerprint density at radius 2 is 1.89 bits per heavy atom. The molecule has 0 aliphatic carbocycles. The molecule has 0 amide bonds. The first-order valence-electron chi connectivity index (χ1n) is 5.73. The van der Waals surface area contributed by atoms with Gasteiger partial charge < -0.3 is 10.6 Å². The van der Waals surface area contributed by atoms with Crippen LogP contribution in [0.5, 0.6) is 0 Å². The van der Waals surface area contributed by atoms with Gasteiger partial charge in [0.15, 0.2) is 5.13 Å². The third kappa shape index (κ3) is 3.23. The van der Waals surface area contributed by atoms with E-state index in [1.165, 1.54) is 22.6 Å². The number of aromatic nitrogens is 1. The van der Waals surface area contributed by atoms with Gasteiger partial charge >= 0.3 is 0 Å². The van der Waals surface area contributed by atoms with E-state index in [0.29, 0.717) is 5.13 Å².